The lowest BCUT2D eigenvalue weighted by Crippen LogP contribution is -2.26. The monoisotopic (exact) mass is 473 g/mol. The number of carbonyl (C=O) groups is 1. The van der Waals surface area contributed by atoms with Gasteiger partial charge < -0.3 is 18.8 Å². The maximum Gasteiger partial charge on any atom is 0.308 e. The van der Waals surface area contributed by atoms with Gasteiger partial charge in [-0.3, -0.25) is 9.59 Å². The van der Waals surface area contributed by atoms with Crippen LogP contribution in [0.15, 0.2) is 23.0 Å². The average Bonchev–Trinajstić information content (AvgIpc) is 2.79. The Kier molecular flexibility index (Phi) is 12.0. The van der Waals surface area contributed by atoms with E-state index in [2.05, 4.69) is 13.8 Å². The standard InChI is InChI=1S/C28H43NO5/c1-6-8-10-12-13-15-18-32-23-16-17-24-25(20-23)29(21(3)4)28(31)27(34-22(5)30)26(24)33-19-14-11-9-7-2/h16-17,20-21H,6-15,18-19H2,1-5H3. The second-order valence-electron chi connectivity index (χ2n) is 9.23. The number of rotatable bonds is 16. The van der Waals surface area contributed by atoms with Crippen LogP contribution in [0.1, 0.15) is 105 Å². The van der Waals surface area contributed by atoms with Crippen LogP contribution in [0.2, 0.25) is 0 Å². The third-order valence-corrected chi connectivity index (χ3v) is 5.87. The van der Waals surface area contributed by atoms with E-state index < -0.39 is 5.97 Å². The van der Waals surface area contributed by atoms with Crippen LogP contribution in [0.4, 0.5) is 0 Å². The van der Waals surface area contributed by atoms with Gasteiger partial charge in [-0.05, 0) is 38.8 Å². The number of esters is 1. The zero-order valence-electron chi connectivity index (χ0n) is 21.8. The van der Waals surface area contributed by atoms with Gasteiger partial charge in [-0.15, -0.1) is 0 Å². The normalized spacial score (nSPS) is 11.2. The number of benzene rings is 1. The van der Waals surface area contributed by atoms with Crippen molar-refractivity contribution >= 4 is 16.9 Å². The fourth-order valence-corrected chi connectivity index (χ4v) is 4.10. The Bertz CT molecular complexity index is 963. The summed E-state index contributed by atoms with van der Waals surface area (Å²) in [6.45, 7) is 10.7. The van der Waals surface area contributed by atoms with Gasteiger partial charge in [-0.1, -0.05) is 65.2 Å². The molecule has 190 valence electrons. The molecule has 6 nitrogen and oxygen atoms in total. The largest absolute Gasteiger partial charge is 0.494 e. The molecule has 0 saturated heterocycles. The topological polar surface area (TPSA) is 66.8 Å². The Morgan fingerprint density at radius 2 is 1.44 bits per heavy atom. The Morgan fingerprint density at radius 1 is 0.853 bits per heavy atom. The van der Waals surface area contributed by atoms with Gasteiger partial charge in [-0.2, -0.15) is 0 Å². The molecular formula is C28H43NO5. The minimum atomic E-state index is -0.540. The summed E-state index contributed by atoms with van der Waals surface area (Å²) in [6, 6.07) is 5.57. The SMILES string of the molecule is CCCCCCCCOc1ccc2c(OCCCCCC)c(OC(C)=O)c(=O)n(C(C)C)c2c1. The summed E-state index contributed by atoms with van der Waals surface area (Å²) in [5.41, 5.74) is 0.356. The number of aromatic nitrogens is 1. The van der Waals surface area contributed by atoms with Crippen molar-refractivity contribution in [1.82, 2.24) is 4.57 Å². The molecule has 34 heavy (non-hydrogen) atoms. The summed E-state index contributed by atoms with van der Waals surface area (Å²) in [4.78, 5) is 25.2. The minimum absolute atomic E-state index is 0.0371. The molecule has 1 aromatic heterocycles. The highest BCUT2D eigenvalue weighted by Gasteiger charge is 2.23. The van der Waals surface area contributed by atoms with E-state index in [4.69, 9.17) is 14.2 Å². The minimum Gasteiger partial charge on any atom is -0.494 e. The molecule has 1 aromatic carbocycles. The number of ether oxygens (including phenoxy) is 3. The number of pyridine rings is 1. The maximum atomic E-state index is 13.4. The molecule has 2 aromatic rings. The Hall–Kier alpha value is -2.50. The summed E-state index contributed by atoms with van der Waals surface area (Å²) in [7, 11) is 0. The van der Waals surface area contributed by atoms with E-state index >= 15 is 0 Å². The molecule has 0 aliphatic heterocycles. The van der Waals surface area contributed by atoms with E-state index in [-0.39, 0.29) is 17.4 Å². The number of fused-ring (bicyclic) bond motifs is 1. The number of hydrogen-bond donors (Lipinski definition) is 0. The molecule has 0 spiro atoms. The molecule has 1 heterocycles. The second-order valence-corrected chi connectivity index (χ2v) is 9.23. The molecule has 0 N–H and O–H groups in total. The third-order valence-electron chi connectivity index (χ3n) is 5.87. The van der Waals surface area contributed by atoms with E-state index in [1.165, 1.54) is 32.6 Å². The fourth-order valence-electron chi connectivity index (χ4n) is 4.10. The van der Waals surface area contributed by atoms with Gasteiger partial charge in [0.25, 0.3) is 5.56 Å². The zero-order valence-corrected chi connectivity index (χ0v) is 21.8. The lowest BCUT2D eigenvalue weighted by Gasteiger charge is -2.20. The summed E-state index contributed by atoms with van der Waals surface area (Å²) in [5, 5.41) is 0.743. The van der Waals surface area contributed by atoms with Crippen LogP contribution in [-0.4, -0.2) is 23.8 Å². The number of nitrogens with zero attached hydrogens (tertiary/aromatic N) is 1. The van der Waals surface area contributed by atoms with Gasteiger partial charge in [0.05, 0.1) is 18.7 Å². The molecule has 0 aliphatic rings. The van der Waals surface area contributed by atoms with Crippen molar-refractivity contribution in [3.8, 4) is 17.2 Å². The summed E-state index contributed by atoms with van der Waals surface area (Å²) < 4.78 is 19.1. The highest BCUT2D eigenvalue weighted by atomic mass is 16.6. The lowest BCUT2D eigenvalue weighted by molar-refractivity contribution is -0.132. The number of unbranched alkanes of at least 4 members (excludes halogenated alkanes) is 8. The Labute approximate surface area is 204 Å². The average molecular weight is 474 g/mol. The van der Waals surface area contributed by atoms with Crippen LogP contribution < -0.4 is 19.8 Å². The van der Waals surface area contributed by atoms with E-state index in [9.17, 15) is 9.59 Å². The van der Waals surface area contributed by atoms with Crippen molar-refractivity contribution in [2.24, 2.45) is 0 Å². The van der Waals surface area contributed by atoms with Crippen LogP contribution in [-0.2, 0) is 4.79 Å². The van der Waals surface area contributed by atoms with Crippen LogP contribution in [0.3, 0.4) is 0 Å². The van der Waals surface area contributed by atoms with Crippen LogP contribution >= 0.6 is 0 Å². The van der Waals surface area contributed by atoms with Gasteiger partial charge in [0.15, 0.2) is 5.75 Å². The predicted octanol–water partition coefficient (Wildman–Crippen LogP) is 7.21. The molecule has 0 unspecified atom stereocenters. The summed E-state index contributed by atoms with van der Waals surface area (Å²) >= 11 is 0. The Morgan fingerprint density at radius 3 is 2.06 bits per heavy atom. The molecule has 0 atom stereocenters. The van der Waals surface area contributed by atoms with E-state index in [0.29, 0.717) is 19.0 Å². The zero-order chi connectivity index (χ0) is 24.9. The lowest BCUT2D eigenvalue weighted by atomic mass is 10.1. The van der Waals surface area contributed by atoms with Gasteiger partial charge in [0.1, 0.15) is 5.75 Å². The van der Waals surface area contributed by atoms with Crippen molar-refractivity contribution in [2.45, 2.75) is 105 Å². The molecule has 2 rings (SSSR count). The Balaban J connectivity index is 2.33. The molecule has 0 saturated carbocycles. The molecule has 6 heteroatoms. The summed E-state index contributed by atoms with van der Waals surface area (Å²) in [5.74, 6) is 0.487. The molecule has 0 fully saturated rings. The second kappa shape index (κ2) is 14.7. The molecule has 0 amide bonds. The number of carbonyl (C=O) groups excluding carboxylic acids is 1. The first-order chi connectivity index (χ1) is 16.4. The summed E-state index contributed by atoms with van der Waals surface area (Å²) in [6.07, 6.45) is 11.4. The number of hydrogen-bond acceptors (Lipinski definition) is 5. The van der Waals surface area contributed by atoms with Crippen molar-refractivity contribution in [3.05, 3.63) is 28.6 Å². The third kappa shape index (κ3) is 8.07. The van der Waals surface area contributed by atoms with Crippen LogP contribution in [0, 0.1) is 0 Å². The molecule has 0 radical (unpaired) electrons. The molecule has 0 bridgehead atoms. The smallest absolute Gasteiger partial charge is 0.308 e. The van der Waals surface area contributed by atoms with E-state index in [1.807, 2.05) is 32.0 Å². The van der Waals surface area contributed by atoms with E-state index in [1.54, 1.807) is 4.57 Å². The van der Waals surface area contributed by atoms with Gasteiger partial charge >= 0.3 is 5.97 Å². The predicted molar refractivity (Wildman–Crippen MR) is 138 cm³/mol. The van der Waals surface area contributed by atoms with Crippen molar-refractivity contribution in [1.29, 1.82) is 0 Å². The highest BCUT2D eigenvalue weighted by Crippen LogP contribution is 2.36. The van der Waals surface area contributed by atoms with E-state index in [0.717, 1.165) is 55.2 Å². The van der Waals surface area contributed by atoms with Gasteiger partial charge in [0, 0.05) is 24.4 Å². The van der Waals surface area contributed by atoms with Crippen LogP contribution in [0.25, 0.3) is 10.9 Å². The maximum absolute atomic E-state index is 13.4. The van der Waals surface area contributed by atoms with Crippen molar-refractivity contribution in [2.75, 3.05) is 13.2 Å². The highest BCUT2D eigenvalue weighted by molar-refractivity contribution is 5.90. The quantitative estimate of drug-likeness (QED) is 0.190. The first kappa shape index (κ1) is 27.7. The fraction of sp³-hybridized carbons (Fsp3) is 0.643. The van der Waals surface area contributed by atoms with Gasteiger partial charge in [0.2, 0.25) is 5.75 Å². The van der Waals surface area contributed by atoms with Crippen molar-refractivity contribution in [3.63, 3.8) is 0 Å². The first-order valence-corrected chi connectivity index (χ1v) is 13.1. The first-order valence-electron chi connectivity index (χ1n) is 13.1. The molecular weight excluding hydrogens is 430 g/mol. The van der Waals surface area contributed by atoms with Gasteiger partial charge in [-0.25, -0.2) is 0 Å². The van der Waals surface area contributed by atoms with Crippen molar-refractivity contribution < 1.29 is 19.0 Å². The molecule has 0 aliphatic carbocycles. The van der Waals surface area contributed by atoms with Crippen LogP contribution in [0.5, 0.6) is 17.2 Å².